The molecule has 4 heteroatoms. The van der Waals surface area contributed by atoms with E-state index in [1.165, 1.54) is 0 Å². The molecule has 0 bridgehead atoms. The van der Waals surface area contributed by atoms with Gasteiger partial charge in [0.1, 0.15) is 5.78 Å². The van der Waals surface area contributed by atoms with E-state index in [9.17, 15) is 4.79 Å². The largest absolute Gasteiger partial charge is 0.298 e. The Bertz CT molecular complexity index is 268. The van der Waals surface area contributed by atoms with Crippen molar-refractivity contribution in [3.8, 4) is 0 Å². The summed E-state index contributed by atoms with van der Waals surface area (Å²) in [5, 5.41) is 6.60. The van der Waals surface area contributed by atoms with Gasteiger partial charge in [-0.1, -0.05) is 0 Å². The first-order valence-corrected chi connectivity index (χ1v) is 4.06. The van der Waals surface area contributed by atoms with E-state index in [0.717, 1.165) is 18.7 Å². The fourth-order valence-electron chi connectivity index (χ4n) is 1.45. The lowest BCUT2D eigenvalue weighted by Gasteiger charge is -2.10. The van der Waals surface area contributed by atoms with Gasteiger partial charge in [0, 0.05) is 31.3 Å². The van der Waals surface area contributed by atoms with Crippen molar-refractivity contribution in [1.82, 2.24) is 15.1 Å². The molecule has 0 radical (unpaired) electrons. The van der Waals surface area contributed by atoms with Gasteiger partial charge in [0.2, 0.25) is 0 Å². The van der Waals surface area contributed by atoms with Crippen molar-refractivity contribution in [1.29, 1.82) is 0 Å². The number of carbonyl (C=O) groups excluding carboxylic acids is 1. The van der Waals surface area contributed by atoms with Gasteiger partial charge in [-0.05, 0) is 0 Å². The molecule has 0 aliphatic carbocycles. The van der Waals surface area contributed by atoms with E-state index in [0.29, 0.717) is 18.7 Å². The summed E-state index contributed by atoms with van der Waals surface area (Å²) in [6.07, 6.45) is 4.36. The zero-order chi connectivity index (χ0) is 8.39. The maximum Gasteiger partial charge on any atom is 0.148 e. The molecule has 1 fully saturated rings. The summed E-state index contributed by atoms with van der Waals surface area (Å²) in [4.78, 5) is 13.0. The van der Waals surface area contributed by atoms with Gasteiger partial charge < -0.3 is 0 Å². The maximum atomic E-state index is 10.9. The smallest absolute Gasteiger partial charge is 0.148 e. The van der Waals surface area contributed by atoms with E-state index in [1.807, 2.05) is 6.20 Å². The summed E-state index contributed by atoms with van der Waals surface area (Å²) in [5.41, 5.74) is 1.14. The van der Waals surface area contributed by atoms with Crippen LogP contribution in [0.15, 0.2) is 12.4 Å². The molecule has 0 unspecified atom stereocenters. The number of hydrogen-bond acceptors (Lipinski definition) is 3. The van der Waals surface area contributed by atoms with E-state index in [1.54, 1.807) is 6.20 Å². The van der Waals surface area contributed by atoms with Crippen LogP contribution in [0.3, 0.4) is 0 Å². The Morgan fingerprint density at radius 2 is 2.58 bits per heavy atom. The molecule has 0 spiro atoms. The number of ketones is 1. The molecule has 0 aromatic carbocycles. The predicted molar refractivity (Wildman–Crippen MR) is 43.5 cm³/mol. The molecular formula is C8H11N3O. The van der Waals surface area contributed by atoms with Crippen LogP contribution in [-0.2, 0) is 11.3 Å². The highest BCUT2D eigenvalue weighted by Crippen LogP contribution is 2.08. The molecule has 0 saturated carbocycles. The fraction of sp³-hybridized carbons (Fsp3) is 0.500. The minimum atomic E-state index is 0.346. The molecule has 2 heterocycles. The Hall–Kier alpha value is -1.16. The molecule has 1 N–H and O–H groups in total. The first-order chi connectivity index (χ1) is 5.84. The molecule has 2 rings (SSSR count). The van der Waals surface area contributed by atoms with Gasteiger partial charge in [0.25, 0.3) is 0 Å². The van der Waals surface area contributed by atoms with Crippen molar-refractivity contribution in [3.63, 3.8) is 0 Å². The van der Waals surface area contributed by atoms with Crippen LogP contribution < -0.4 is 0 Å². The molecule has 0 atom stereocenters. The molecule has 12 heavy (non-hydrogen) atoms. The summed E-state index contributed by atoms with van der Waals surface area (Å²) < 4.78 is 0. The summed E-state index contributed by atoms with van der Waals surface area (Å²) in [5.74, 6) is 0.346. The van der Waals surface area contributed by atoms with Crippen molar-refractivity contribution in [2.24, 2.45) is 0 Å². The first-order valence-electron chi connectivity index (χ1n) is 4.06. The Labute approximate surface area is 70.6 Å². The maximum absolute atomic E-state index is 10.9. The highest BCUT2D eigenvalue weighted by Gasteiger charge is 2.18. The summed E-state index contributed by atoms with van der Waals surface area (Å²) >= 11 is 0. The van der Waals surface area contributed by atoms with E-state index in [2.05, 4.69) is 15.1 Å². The average Bonchev–Trinajstić information content (AvgIpc) is 2.63. The van der Waals surface area contributed by atoms with Crippen LogP contribution in [0, 0.1) is 0 Å². The Morgan fingerprint density at radius 1 is 1.67 bits per heavy atom. The van der Waals surface area contributed by atoms with E-state index in [-0.39, 0.29) is 0 Å². The summed E-state index contributed by atoms with van der Waals surface area (Å²) in [6, 6.07) is 0. The monoisotopic (exact) mass is 165 g/mol. The quantitative estimate of drug-likeness (QED) is 0.680. The van der Waals surface area contributed by atoms with Crippen molar-refractivity contribution in [3.05, 3.63) is 18.0 Å². The van der Waals surface area contributed by atoms with Gasteiger partial charge in [-0.25, -0.2) is 0 Å². The number of hydrogen-bond donors (Lipinski definition) is 1. The number of rotatable bonds is 2. The Balaban J connectivity index is 1.92. The zero-order valence-electron chi connectivity index (χ0n) is 6.79. The van der Waals surface area contributed by atoms with Gasteiger partial charge in [-0.3, -0.25) is 14.8 Å². The number of H-pyrrole nitrogens is 1. The van der Waals surface area contributed by atoms with Gasteiger partial charge in [0.15, 0.2) is 0 Å². The lowest BCUT2D eigenvalue weighted by atomic mass is 10.3. The Morgan fingerprint density at radius 3 is 3.17 bits per heavy atom. The molecular weight excluding hydrogens is 154 g/mol. The van der Waals surface area contributed by atoms with Crippen molar-refractivity contribution < 1.29 is 4.79 Å². The minimum absolute atomic E-state index is 0.346. The second-order valence-electron chi connectivity index (χ2n) is 3.11. The molecule has 1 saturated heterocycles. The number of carbonyl (C=O) groups is 1. The third kappa shape index (κ3) is 1.53. The molecule has 1 aromatic rings. The highest BCUT2D eigenvalue weighted by atomic mass is 16.1. The van der Waals surface area contributed by atoms with Crippen LogP contribution in [0.1, 0.15) is 12.0 Å². The van der Waals surface area contributed by atoms with Crippen LogP contribution >= 0.6 is 0 Å². The van der Waals surface area contributed by atoms with Gasteiger partial charge in [-0.15, -0.1) is 0 Å². The predicted octanol–water partition coefficient (Wildman–Crippen LogP) is 0.184. The lowest BCUT2D eigenvalue weighted by molar-refractivity contribution is -0.116. The number of aromatic amines is 1. The van der Waals surface area contributed by atoms with E-state index in [4.69, 9.17) is 0 Å². The third-order valence-electron chi connectivity index (χ3n) is 2.07. The standard InChI is InChI=1S/C8H11N3O/c12-8-1-2-11(6-8)5-7-3-9-10-4-7/h3-4H,1-2,5-6H2,(H,9,10). The fourth-order valence-corrected chi connectivity index (χ4v) is 1.45. The minimum Gasteiger partial charge on any atom is -0.298 e. The SMILES string of the molecule is O=C1CCN(Cc2cn[nH]c2)C1. The van der Waals surface area contributed by atoms with Gasteiger partial charge in [-0.2, -0.15) is 5.10 Å². The van der Waals surface area contributed by atoms with Crippen LogP contribution in [0.4, 0.5) is 0 Å². The van der Waals surface area contributed by atoms with Crippen molar-refractivity contribution in [2.45, 2.75) is 13.0 Å². The van der Waals surface area contributed by atoms with Crippen molar-refractivity contribution in [2.75, 3.05) is 13.1 Å². The Kier molecular flexibility index (Phi) is 1.91. The lowest BCUT2D eigenvalue weighted by Crippen LogP contribution is -2.19. The zero-order valence-corrected chi connectivity index (χ0v) is 6.79. The normalized spacial score (nSPS) is 18.8. The molecule has 1 aromatic heterocycles. The van der Waals surface area contributed by atoms with Crippen LogP contribution in [0.2, 0.25) is 0 Å². The van der Waals surface area contributed by atoms with Crippen molar-refractivity contribution >= 4 is 5.78 Å². The van der Waals surface area contributed by atoms with E-state index >= 15 is 0 Å². The first kappa shape index (κ1) is 7.49. The van der Waals surface area contributed by atoms with Crippen LogP contribution in [0.25, 0.3) is 0 Å². The number of likely N-dealkylation sites (tertiary alicyclic amines) is 1. The number of nitrogens with zero attached hydrogens (tertiary/aromatic N) is 2. The van der Waals surface area contributed by atoms with E-state index < -0.39 is 0 Å². The highest BCUT2D eigenvalue weighted by molar-refractivity contribution is 5.82. The van der Waals surface area contributed by atoms with Crippen LogP contribution in [0.5, 0.6) is 0 Å². The number of Topliss-reactive ketones (excluding diaryl/α,β-unsaturated/α-hetero) is 1. The molecule has 0 amide bonds. The number of nitrogens with one attached hydrogen (secondary N) is 1. The second-order valence-corrected chi connectivity index (χ2v) is 3.11. The molecule has 1 aliphatic rings. The topological polar surface area (TPSA) is 49.0 Å². The summed E-state index contributed by atoms with van der Waals surface area (Å²) in [6.45, 7) is 2.33. The van der Waals surface area contributed by atoms with Gasteiger partial charge in [0.05, 0.1) is 12.7 Å². The molecule has 1 aliphatic heterocycles. The number of aromatic nitrogens is 2. The molecule has 4 nitrogen and oxygen atoms in total. The van der Waals surface area contributed by atoms with Crippen LogP contribution in [-0.4, -0.2) is 34.0 Å². The van der Waals surface area contributed by atoms with Gasteiger partial charge >= 0.3 is 0 Å². The second kappa shape index (κ2) is 3.06. The summed E-state index contributed by atoms with van der Waals surface area (Å²) in [7, 11) is 0. The molecule has 64 valence electrons. The average molecular weight is 165 g/mol. The third-order valence-corrected chi connectivity index (χ3v) is 2.07.